The number of rotatable bonds is 4. The maximum Gasteiger partial charge on any atom is 0.310 e. The number of ether oxygens (including phenoxy) is 2. The van der Waals surface area contributed by atoms with E-state index in [0.717, 1.165) is 0 Å². The fourth-order valence-electron chi connectivity index (χ4n) is 1.54. The molecule has 1 aromatic heterocycles. The first-order valence-corrected chi connectivity index (χ1v) is 4.88. The van der Waals surface area contributed by atoms with E-state index in [-0.39, 0.29) is 29.0 Å². The van der Waals surface area contributed by atoms with Crippen LogP contribution >= 0.6 is 0 Å². The van der Waals surface area contributed by atoms with Crippen LogP contribution in [0.5, 0.6) is 5.88 Å². The number of halogens is 2. The number of pyridine rings is 1. The minimum Gasteiger partial charge on any atom is -0.481 e. The zero-order valence-electron chi connectivity index (χ0n) is 9.79. The summed E-state index contributed by atoms with van der Waals surface area (Å²) in [5.41, 5.74) is 0.177. The Kier molecular flexibility index (Phi) is 4.37. The molecule has 0 spiro atoms. The monoisotopic (exact) mass is 245 g/mol. The highest BCUT2D eigenvalue weighted by molar-refractivity contribution is 5.73. The lowest BCUT2D eigenvalue weighted by Crippen LogP contribution is -2.10. The second-order valence-electron chi connectivity index (χ2n) is 3.38. The molecule has 0 saturated carbocycles. The Balaban J connectivity index is 3.21. The Morgan fingerprint density at radius 1 is 1.47 bits per heavy atom. The molecule has 1 aromatic rings. The molecule has 0 atom stereocenters. The summed E-state index contributed by atoms with van der Waals surface area (Å²) in [5.74, 6) is -0.452. The predicted molar refractivity (Wildman–Crippen MR) is 56.2 cm³/mol. The molecule has 4 nitrogen and oxygen atoms in total. The van der Waals surface area contributed by atoms with Crippen LogP contribution in [0.3, 0.4) is 0 Å². The zero-order valence-corrected chi connectivity index (χ0v) is 9.79. The summed E-state index contributed by atoms with van der Waals surface area (Å²) in [7, 11) is 2.55. The minimum atomic E-state index is -2.69. The SMILES string of the molecule is COC(=O)Cc1cnc(OC)c(C)c1C(F)F. The number of methoxy groups -OCH3 is 2. The molecule has 94 valence electrons. The van der Waals surface area contributed by atoms with Gasteiger partial charge in [0.05, 0.1) is 20.6 Å². The molecule has 1 heterocycles. The van der Waals surface area contributed by atoms with Gasteiger partial charge in [-0.05, 0) is 12.5 Å². The summed E-state index contributed by atoms with van der Waals surface area (Å²) in [4.78, 5) is 15.0. The molecule has 0 unspecified atom stereocenters. The molecule has 0 radical (unpaired) electrons. The van der Waals surface area contributed by atoms with E-state index in [1.54, 1.807) is 0 Å². The maximum absolute atomic E-state index is 12.9. The van der Waals surface area contributed by atoms with Crippen LogP contribution in [-0.4, -0.2) is 25.2 Å². The third-order valence-corrected chi connectivity index (χ3v) is 2.38. The molecule has 0 aliphatic rings. The minimum absolute atomic E-state index is 0.133. The molecule has 0 aliphatic carbocycles. The molecule has 6 heteroatoms. The van der Waals surface area contributed by atoms with Gasteiger partial charge in [-0.25, -0.2) is 13.8 Å². The van der Waals surface area contributed by atoms with Crippen molar-refractivity contribution in [2.24, 2.45) is 0 Å². The van der Waals surface area contributed by atoms with Crippen LogP contribution in [0.1, 0.15) is 23.1 Å². The molecular weight excluding hydrogens is 232 g/mol. The summed E-state index contributed by atoms with van der Waals surface area (Å²) in [6, 6.07) is 0. The standard InChI is InChI=1S/C11H13F2NO3/c1-6-9(10(12)13)7(4-8(15)16-2)5-14-11(6)17-3/h5,10H,4H2,1-3H3. The highest BCUT2D eigenvalue weighted by Crippen LogP contribution is 2.30. The number of carbonyl (C=O) groups is 1. The van der Waals surface area contributed by atoms with Crippen LogP contribution in [0, 0.1) is 6.92 Å². The number of esters is 1. The van der Waals surface area contributed by atoms with Gasteiger partial charge in [-0.3, -0.25) is 4.79 Å². The normalized spacial score (nSPS) is 10.5. The highest BCUT2D eigenvalue weighted by atomic mass is 19.3. The third kappa shape index (κ3) is 2.89. The Morgan fingerprint density at radius 2 is 2.12 bits per heavy atom. The van der Waals surface area contributed by atoms with E-state index in [1.165, 1.54) is 27.3 Å². The average molecular weight is 245 g/mol. The number of hydrogen-bond donors (Lipinski definition) is 0. The van der Waals surface area contributed by atoms with Gasteiger partial charge in [0.2, 0.25) is 5.88 Å². The van der Waals surface area contributed by atoms with Gasteiger partial charge in [-0.1, -0.05) is 0 Å². The first-order valence-electron chi connectivity index (χ1n) is 4.88. The number of alkyl halides is 2. The largest absolute Gasteiger partial charge is 0.481 e. The Morgan fingerprint density at radius 3 is 2.59 bits per heavy atom. The number of aromatic nitrogens is 1. The second kappa shape index (κ2) is 5.56. The van der Waals surface area contributed by atoms with Crippen molar-refractivity contribution < 1.29 is 23.0 Å². The van der Waals surface area contributed by atoms with Crippen LogP contribution in [0.25, 0.3) is 0 Å². The first-order chi connectivity index (χ1) is 8.01. The molecule has 0 N–H and O–H groups in total. The van der Waals surface area contributed by atoms with Gasteiger partial charge in [-0.2, -0.15) is 0 Å². The van der Waals surface area contributed by atoms with Gasteiger partial charge in [0.1, 0.15) is 0 Å². The molecule has 0 fully saturated rings. The van der Waals surface area contributed by atoms with Crippen LogP contribution in [0.15, 0.2) is 6.20 Å². The van der Waals surface area contributed by atoms with Crippen molar-refractivity contribution in [3.63, 3.8) is 0 Å². The summed E-state index contributed by atoms with van der Waals surface area (Å²) >= 11 is 0. The zero-order chi connectivity index (χ0) is 13.0. The van der Waals surface area contributed by atoms with Crippen molar-refractivity contribution in [3.8, 4) is 5.88 Å². The molecular formula is C11H13F2NO3. The molecule has 0 bridgehead atoms. The summed E-state index contributed by atoms with van der Waals surface area (Å²) in [6.45, 7) is 1.48. The van der Waals surface area contributed by atoms with Gasteiger partial charge in [0.25, 0.3) is 6.43 Å². The summed E-state index contributed by atoms with van der Waals surface area (Å²) in [5, 5.41) is 0. The first kappa shape index (κ1) is 13.3. The number of nitrogens with zero attached hydrogens (tertiary/aromatic N) is 1. The van der Waals surface area contributed by atoms with Crippen LogP contribution in [0.4, 0.5) is 8.78 Å². The Labute approximate surface area is 97.6 Å². The van der Waals surface area contributed by atoms with Crippen LogP contribution < -0.4 is 4.74 Å². The van der Waals surface area contributed by atoms with Gasteiger partial charge in [0.15, 0.2) is 0 Å². The fourth-order valence-corrected chi connectivity index (χ4v) is 1.54. The Hall–Kier alpha value is -1.72. The van der Waals surface area contributed by atoms with Crippen molar-refractivity contribution in [2.75, 3.05) is 14.2 Å². The van der Waals surface area contributed by atoms with Crippen molar-refractivity contribution in [3.05, 3.63) is 22.9 Å². The van der Waals surface area contributed by atoms with E-state index in [2.05, 4.69) is 9.72 Å². The fraction of sp³-hybridized carbons (Fsp3) is 0.455. The smallest absolute Gasteiger partial charge is 0.310 e. The van der Waals surface area contributed by atoms with Crippen LogP contribution in [-0.2, 0) is 16.0 Å². The molecule has 17 heavy (non-hydrogen) atoms. The van der Waals surface area contributed by atoms with E-state index < -0.39 is 12.4 Å². The van der Waals surface area contributed by atoms with Gasteiger partial charge in [-0.15, -0.1) is 0 Å². The third-order valence-electron chi connectivity index (χ3n) is 2.38. The average Bonchev–Trinajstić information content (AvgIpc) is 2.28. The van der Waals surface area contributed by atoms with Crippen molar-refractivity contribution in [1.29, 1.82) is 0 Å². The van der Waals surface area contributed by atoms with Crippen molar-refractivity contribution in [1.82, 2.24) is 4.98 Å². The summed E-state index contributed by atoms with van der Waals surface area (Å²) in [6.07, 6.45) is -1.70. The number of hydrogen-bond acceptors (Lipinski definition) is 4. The molecule has 1 rings (SSSR count). The van der Waals surface area contributed by atoms with Crippen LogP contribution in [0.2, 0.25) is 0 Å². The molecule has 0 amide bonds. The lowest BCUT2D eigenvalue weighted by Gasteiger charge is -2.13. The van der Waals surface area contributed by atoms with E-state index in [1.807, 2.05) is 0 Å². The topological polar surface area (TPSA) is 48.4 Å². The number of carbonyl (C=O) groups excluding carboxylic acids is 1. The van der Waals surface area contributed by atoms with Gasteiger partial charge >= 0.3 is 5.97 Å². The van der Waals surface area contributed by atoms with E-state index in [4.69, 9.17) is 4.74 Å². The predicted octanol–water partition coefficient (Wildman–Crippen LogP) is 2.05. The van der Waals surface area contributed by atoms with Gasteiger partial charge < -0.3 is 9.47 Å². The van der Waals surface area contributed by atoms with Gasteiger partial charge in [0, 0.05) is 17.3 Å². The molecule has 0 aliphatic heterocycles. The lowest BCUT2D eigenvalue weighted by molar-refractivity contribution is -0.139. The Bertz CT molecular complexity index is 421. The van der Waals surface area contributed by atoms with E-state index in [0.29, 0.717) is 0 Å². The van der Waals surface area contributed by atoms with Crippen molar-refractivity contribution in [2.45, 2.75) is 19.8 Å². The second-order valence-corrected chi connectivity index (χ2v) is 3.38. The molecule has 0 saturated heterocycles. The van der Waals surface area contributed by atoms with E-state index in [9.17, 15) is 13.6 Å². The highest BCUT2D eigenvalue weighted by Gasteiger charge is 2.21. The quantitative estimate of drug-likeness (QED) is 0.762. The maximum atomic E-state index is 12.9. The molecule has 0 aromatic carbocycles. The van der Waals surface area contributed by atoms with Crippen molar-refractivity contribution >= 4 is 5.97 Å². The lowest BCUT2D eigenvalue weighted by atomic mass is 10.0. The van der Waals surface area contributed by atoms with E-state index >= 15 is 0 Å². The summed E-state index contributed by atoms with van der Waals surface area (Å²) < 4.78 is 35.2.